The van der Waals surface area contributed by atoms with E-state index in [-0.39, 0.29) is 41.4 Å². The third-order valence-corrected chi connectivity index (χ3v) is 14.1. The second-order valence-electron chi connectivity index (χ2n) is 18.0. The molecular weight excluding hydrogens is 836 g/mol. The van der Waals surface area contributed by atoms with Crippen LogP contribution in [0.1, 0.15) is 43.7 Å². The lowest BCUT2D eigenvalue weighted by Gasteiger charge is -2.38. The number of alkyl halides is 2. The van der Waals surface area contributed by atoms with Crippen molar-refractivity contribution in [3.8, 4) is 5.75 Å². The number of piperidine rings is 1. The average Bonchev–Trinajstić information content (AvgIpc) is 4.02. The molecule has 19 heteroatoms. The summed E-state index contributed by atoms with van der Waals surface area (Å²) in [7, 11) is 3.50. The molecule has 5 atom stereocenters. The number of nitrogens with zero attached hydrogens (tertiary/aromatic N) is 8. The fourth-order valence-corrected chi connectivity index (χ4v) is 10.5. The van der Waals surface area contributed by atoms with E-state index in [0.29, 0.717) is 78.1 Å². The highest BCUT2D eigenvalue weighted by Crippen LogP contribution is 2.46. The minimum Gasteiger partial charge on any atom is -0.480 e. The van der Waals surface area contributed by atoms with Crippen LogP contribution in [-0.4, -0.2) is 118 Å². The van der Waals surface area contributed by atoms with Crippen molar-refractivity contribution < 1.29 is 27.8 Å². The lowest BCUT2D eigenvalue weighted by Crippen LogP contribution is -2.49. The zero-order chi connectivity index (χ0) is 43.3. The Morgan fingerprint density at radius 3 is 2.59 bits per heavy atom. The molecule has 11 rings (SSSR count). The molecular formula is C44H48ClF2N11O5. The molecule has 0 spiro atoms. The van der Waals surface area contributed by atoms with E-state index in [0.717, 1.165) is 61.4 Å². The number of benzene rings is 2. The van der Waals surface area contributed by atoms with Gasteiger partial charge < -0.3 is 34.5 Å². The van der Waals surface area contributed by atoms with Gasteiger partial charge in [-0.2, -0.15) is 10.1 Å². The second kappa shape index (κ2) is 15.3. The van der Waals surface area contributed by atoms with Crippen LogP contribution >= 0.6 is 11.6 Å². The number of rotatable bonds is 8. The van der Waals surface area contributed by atoms with E-state index in [2.05, 4.69) is 53.8 Å². The van der Waals surface area contributed by atoms with Crippen molar-refractivity contribution in [2.45, 2.75) is 62.2 Å². The topological polar surface area (TPSA) is 164 Å². The minimum absolute atomic E-state index is 0.0206. The van der Waals surface area contributed by atoms with E-state index in [4.69, 9.17) is 31.2 Å². The Hall–Kier alpha value is -5.59. The Morgan fingerprint density at radius 2 is 1.79 bits per heavy atom. The largest absolute Gasteiger partial charge is 0.480 e. The number of amides is 2. The first-order valence-corrected chi connectivity index (χ1v) is 22.2. The molecule has 5 unspecified atom stereocenters. The van der Waals surface area contributed by atoms with Crippen LogP contribution in [0.3, 0.4) is 0 Å². The molecule has 5 aromatic rings. The van der Waals surface area contributed by atoms with Gasteiger partial charge in [0, 0.05) is 94.4 Å². The van der Waals surface area contributed by atoms with Crippen molar-refractivity contribution in [3.05, 3.63) is 63.7 Å². The van der Waals surface area contributed by atoms with E-state index in [1.807, 2.05) is 11.7 Å². The Morgan fingerprint density at radius 1 is 0.968 bits per heavy atom. The number of imide groups is 1. The molecule has 1 aliphatic carbocycles. The summed E-state index contributed by atoms with van der Waals surface area (Å²) in [6.45, 7) is 4.96. The molecule has 5 fully saturated rings. The number of hydrogen-bond acceptors (Lipinski definition) is 13. The lowest BCUT2D eigenvalue weighted by atomic mass is 9.93. The maximum absolute atomic E-state index is 15.2. The lowest BCUT2D eigenvalue weighted by molar-refractivity contribution is -0.134. The molecule has 330 valence electrons. The number of morpholine rings is 1. The highest BCUT2D eigenvalue weighted by atomic mass is 35.5. The first-order valence-electron chi connectivity index (χ1n) is 21.8. The number of piperazine rings is 1. The van der Waals surface area contributed by atoms with Gasteiger partial charge in [-0.3, -0.25) is 29.3 Å². The van der Waals surface area contributed by atoms with Crippen molar-refractivity contribution in [1.82, 2.24) is 34.5 Å². The number of aryl methyl sites for hydroxylation is 2. The van der Waals surface area contributed by atoms with Crippen molar-refractivity contribution >= 4 is 74.0 Å². The van der Waals surface area contributed by atoms with E-state index in [9.17, 15) is 14.4 Å². The maximum atomic E-state index is 15.2. The highest BCUT2D eigenvalue weighted by molar-refractivity contribution is 6.33. The monoisotopic (exact) mass is 883 g/mol. The predicted molar refractivity (Wildman–Crippen MR) is 234 cm³/mol. The number of pyridine rings is 1. The molecule has 5 aliphatic heterocycles. The number of carbonyl (C=O) groups excluding carboxylic acids is 2. The Kier molecular flexibility index (Phi) is 9.76. The van der Waals surface area contributed by atoms with Crippen LogP contribution in [-0.2, 0) is 28.4 Å². The zero-order valence-electron chi connectivity index (χ0n) is 35.0. The molecule has 2 aromatic carbocycles. The minimum atomic E-state index is -3.14. The number of aromatic nitrogens is 5. The first-order chi connectivity index (χ1) is 30.4. The van der Waals surface area contributed by atoms with Crippen molar-refractivity contribution in [1.29, 1.82) is 0 Å². The third kappa shape index (κ3) is 7.28. The molecule has 1 saturated carbocycles. The quantitative estimate of drug-likeness (QED) is 0.183. The smallest absolute Gasteiger partial charge is 0.301 e. The second-order valence-corrected chi connectivity index (χ2v) is 18.4. The van der Waals surface area contributed by atoms with E-state index < -0.39 is 30.0 Å². The third-order valence-electron chi connectivity index (χ3n) is 13.8. The molecule has 3 N–H and O–H groups in total. The van der Waals surface area contributed by atoms with Gasteiger partial charge in [-0.1, -0.05) is 11.6 Å². The standard InChI is InChI=1S/C44H48ClF2N11O5/c1-54-32-9-5-25(16-30(32)37-38(42(54)61)62-22-44(46,47)39(51-37)23-3-4-23)49-40-31(45)18-48-43(52-40)58-20-27-15-24(34(21-58)63-27)19-56-11-13-57(14-12-56)26-6-7-28-33(17-26)55(2)53-36(28)29-8-10-35(59)50-41(29)60/h5-7,9,16-18,23-24,27,29,34,39,51H,3-4,8,10-15,19-22H2,1-2H3,(H,48,49,52)(H,50,59,60). The Balaban J connectivity index is 0.745. The number of fused-ring (bicyclic) bond motifs is 6. The van der Waals surface area contributed by atoms with Gasteiger partial charge in [0.1, 0.15) is 5.02 Å². The molecule has 2 bridgehead atoms. The summed E-state index contributed by atoms with van der Waals surface area (Å²) in [6, 6.07) is 10.6. The van der Waals surface area contributed by atoms with Gasteiger partial charge in [0.25, 0.3) is 5.56 Å². The Labute approximate surface area is 365 Å². The van der Waals surface area contributed by atoms with Crippen LogP contribution < -0.4 is 36.0 Å². The predicted octanol–water partition coefficient (Wildman–Crippen LogP) is 4.77. The zero-order valence-corrected chi connectivity index (χ0v) is 35.7. The normalized spacial score (nSPS) is 26.0. The summed E-state index contributed by atoms with van der Waals surface area (Å²) in [4.78, 5) is 54.2. The number of halogens is 3. The number of ether oxygens (including phenoxy) is 2. The number of nitrogens with one attached hydrogen (secondary N) is 3. The summed E-state index contributed by atoms with van der Waals surface area (Å²) in [5, 5.41) is 15.4. The summed E-state index contributed by atoms with van der Waals surface area (Å²) in [5.74, 6) is -3.10. The molecule has 0 radical (unpaired) electrons. The van der Waals surface area contributed by atoms with Gasteiger partial charge in [0.05, 0.1) is 52.8 Å². The molecule has 8 heterocycles. The van der Waals surface area contributed by atoms with Crippen LogP contribution in [0.2, 0.25) is 5.02 Å². The summed E-state index contributed by atoms with van der Waals surface area (Å²) < 4.78 is 45.7. The SMILES string of the molecule is Cn1nc(C2CCC(=O)NC2=O)c2ccc(N3CCN(CC4CC5CN(c6ncc(Cl)c(Nc7ccc8c(c7)c7c(c(=O)n8C)OCC(F)(F)C(C8CC8)N7)n6)CC4O5)CC3)cc21. The van der Waals surface area contributed by atoms with Crippen LogP contribution in [0.4, 0.5) is 37.6 Å². The van der Waals surface area contributed by atoms with Crippen molar-refractivity contribution in [3.63, 3.8) is 0 Å². The number of hydrogen-bond donors (Lipinski definition) is 3. The summed E-state index contributed by atoms with van der Waals surface area (Å²) >= 11 is 6.67. The molecule has 2 amide bonds. The summed E-state index contributed by atoms with van der Waals surface area (Å²) in [6.07, 6.45) is 4.77. The van der Waals surface area contributed by atoms with Crippen molar-refractivity contribution in [2.24, 2.45) is 25.9 Å². The molecule has 4 saturated heterocycles. The number of anilines is 5. The van der Waals surface area contributed by atoms with Crippen LogP contribution in [0.25, 0.3) is 21.8 Å². The van der Waals surface area contributed by atoms with Gasteiger partial charge in [0.2, 0.25) is 23.5 Å². The van der Waals surface area contributed by atoms with Crippen molar-refractivity contribution in [2.75, 3.05) is 72.9 Å². The number of carbonyl (C=O) groups is 2. The molecule has 16 nitrogen and oxygen atoms in total. The molecule has 3 aromatic heterocycles. The fraction of sp³-hybridized carbons (Fsp3) is 0.500. The van der Waals surface area contributed by atoms with Gasteiger partial charge in [-0.25, -0.2) is 13.8 Å². The summed E-state index contributed by atoms with van der Waals surface area (Å²) in [5.41, 5.74) is 3.77. The highest BCUT2D eigenvalue weighted by Gasteiger charge is 2.51. The van der Waals surface area contributed by atoms with Crippen LogP contribution in [0, 0.1) is 11.8 Å². The Bertz CT molecular complexity index is 2740. The molecule has 6 aliphatic rings. The van der Waals surface area contributed by atoms with Gasteiger partial charge in [-0.15, -0.1) is 0 Å². The van der Waals surface area contributed by atoms with Crippen LogP contribution in [0.15, 0.2) is 47.4 Å². The molecule has 63 heavy (non-hydrogen) atoms. The van der Waals surface area contributed by atoms with E-state index >= 15 is 8.78 Å². The van der Waals surface area contributed by atoms with E-state index in [1.165, 1.54) is 4.57 Å². The first kappa shape index (κ1) is 40.2. The fourth-order valence-electron chi connectivity index (χ4n) is 10.3. The van der Waals surface area contributed by atoms with Gasteiger partial charge in [-0.05, 0) is 68.0 Å². The van der Waals surface area contributed by atoms with Gasteiger partial charge in [0.15, 0.2) is 12.4 Å². The van der Waals surface area contributed by atoms with E-state index in [1.54, 1.807) is 31.4 Å². The van der Waals surface area contributed by atoms with Crippen LogP contribution in [0.5, 0.6) is 5.75 Å². The average molecular weight is 884 g/mol. The van der Waals surface area contributed by atoms with Gasteiger partial charge >= 0.3 is 5.92 Å². The maximum Gasteiger partial charge on any atom is 0.301 e.